The van der Waals surface area contributed by atoms with E-state index in [2.05, 4.69) is 10.6 Å². The van der Waals surface area contributed by atoms with Gasteiger partial charge in [-0.25, -0.2) is 0 Å². The highest BCUT2D eigenvalue weighted by molar-refractivity contribution is 5.99. The Hall–Kier alpha value is -5.90. The predicted octanol–water partition coefficient (Wildman–Crippen LogP) is 6.22. The van der Waals surface area contributed by atoms with E-state index in [1.54, 1.807) is 24.0 Å². The second kappa shape index (κ2) is 16.9. The van der Waals surface area contributed by atoms with Gasteiger partial charge in [0.15, 0.2) is 0 Å². The van der Waals surface area contributed by atoms with Crippen molar-refractivity contribution in [3.63, 3.8) is 0 Å². The van der Waals surface area contributed by atoms with E-state index in [-0.39, 0.29) is 36.5 Å². The van der Waals surface area contributed by atoms with Crippen LogP contribution in [0.2, 0.25) is 0 Å². The summed E-state index contributed by atoms with van der Waals surface area (Å²) in [5, 5.41) is 5.96. The molecular weight excluding hydrogens is 656 g/mol. The lowest BCUT2D eigenvalue weighted by Gasteiger charge is -2.24. The van der Waals surface area contributed by atoms with Crippen LogP contribution < -0.4 is 20.1 Å². The van der Waals surface area contributed by atoms with Crippen LogP contribution in [0.25, 0.3) is 12.2 Å². The molecule has 0 saturated carbocycles. The molecule has 52 heavy (non-hydrogen) atoms. The van der Waals surface area contributed by atoms with Crippen LogP contribution in [0.1, 0.15) is 47.9 Å². The molecule has 4 aromatic carbocycles. The smallest absolute Gasteiger partial charge is 0.247 e. The number of carbonyl (C=O) groups excluding carboxylic acids is 4. The first kappa shape index (κ1) is 35.9. The van der Waals surface area contributed by atoms with Crippen molar-refractivity contribution in [3.8, 4) is 11.5 Å². The lowest BCUT2D eigenvalue weighted by molar-refractivity contribution is -0.136. The van der Waals surface area contributed by atoms with Crippen LogP contribution in [0.3, 0.4) is 0 Å². The van der Waals surface area contributed by atoms with Gasteiger partial charge in [0.25, 0.3) is 0 Å². The minimum absolute atomic E-state index is 0.0915. The van der Waals surface area contributed by atoms with Gasteiger partial charge >= 0.3 is 0 Å². The van der Waals surface area contributed by atoms with Gasteiger partial charge < -0.3 is 29.9 Å². The Balaban J connectivity index is 0.990. The molecule has 2 atom stereocenters. The number of nitrogens with zero attached hydrogens (tertiary/aromatic N) is 2. The molecule has 0 unspecified atom stereocenters. The van der Waals surface area contributed by atoms with Crippen molar-refractivity contribution in [2.24, 2.45) is 0 Å². The van der Waals surface area contributed by atoms with Crippen molar-refractivity contribution in [2.75, 3.05) is 37.9 Å². The van der Waals surface area contributed by atoms with E-state index < -0.39 is 12.1 Å². The summed E-state index contributed by atoms with van der Waals surface area (Å²) in [7, 11) is 3.17. The van der Waals surface area contributed by atoms with Crippen molar-refractivity contribution in [2.45, 2.75) is 50.6 Å². The molecule has 10 nitrogen and oxygen atoms in total. The summed E-state index contributed by atoms with van der Waals surface area (Å²) in [6, 6.07) is 28.9. The third-order valence-electron chi connectivity index (χ3n) is 9.64. The Morgan fingerprint density at radius 3 is 1.37 bits per heavy atom. The van der Waals surface area contributed by atoms with Crippen LogP contribution in [0.4, 0.5) is 11.4 Å². The van der Waals surface area contributed by atoms with E-state index in [9.17, 15) is 19.2 Å². The summed E-state index contributed by atoms with van der Waals surface area (Å²) in [6.45, 7) is 1.10. The fraction of sp³-hybridized carbons (Fsp3) is 0.286. The highest BCUT2D eigenvalue weighted by atomic mass is 16.5. The average Bonchev–Trinajstić information content (AvgIpc) is 3.87. The summed E-state index contributed by atoms with van der Waals surface area (Å²) in [4.78, 5) is 56.1. The lowest BCUT2D eigenvalue weighted by atomic mass is 10.1. The number of methoxy groups -OCH3 is 2. The molecule has 4 aromatic rings. The number of rotatable bonds is 12. The molecule has 0 spiro atoms. The molecule has 268 valence electrons. The molecule has 0 radical (unpaired) electrons. The van der Waals surface area contributed by atoms with Crippen LogP contribution in [0.5, 0.6) is 11.5 Å². The Kier molecular flexibility index (Phi) is 11.7. The number of nitrogens with one attached hydrogen (secondary N) is 2. The van der Waals surface area contributed by atoms with Gasteiger partial charge in [0.05, 0.1) is 27.1 Å². The maximum Gasteiger partial charge on any atom is 0.247 e. The molecule has 2 aliphatic heterocycles. The third-order valence-corrected chi connectivity index (χ3v) is 9.64. The molecule has 2 fully saturated rings. The van der Waals surface area contributed by atoms with Crippen molar-refractivity contribution in [1.82, 2.24) is 9.80 Å². The van der Waals surface area contributed by atoms with Gasteiger partial charge in [0.2, 0.25) is 23.6 Å². The van der Waals surface area contributed by atoms with Crippen LogP contribution >= 0.6 is 0 Å². The zero-order chi connectivity index (χ0) is 36.5. The first-order chi connectivity index (χ1) is 25.3. The normalized spacial score (nSPS) is 16.9. The van der Waals surface area contributed by atoms with Crippen LogP contribution in [-0.2, 0) is 32.0 Å². The third kappa shape index (κ3) is 8.69. The molecule has 4 amide bonds. The Labute approximate surface area is 304 Å². The van der Waals surface area contributed by atoms with Gasteiger partial charge in [0.1, 0.15) is 23.6 Å². The Morgan fingerprint density at radius 2 is 0.981 bits per heavy atom. The second-order valence-corrected chi connectivity index (χ2v) is 13.0. The van der Waals surface area contributed by atoms with Crippen LogP contribution in [0.15, 0.2) is 97.1 Å². The molecule has 0 bridgehead atoms. The van der Waals surface area contributed by atoms with Crippen molar-refractivity contribution < 1.29 is 28.7 Å². The van der Waals surface area contributed by atoms with Crippen LogP contribution in [0, 0.1) is 0 Å². The van der Waals surface area contributed by atoms with Gasteiger partial charge in [-0.3, -0.25) is 19.2 Å². The number of hydrogen-bond donors (Lipinski definition) is 2. The first-order valence-corrected chi connectivity index (χ1v) is 17.7. The van der Waals surface area contributed by atoms with E-state index in [4.69, 9.17) is 9.47 Å². The highest BCUT2D eigenvalue weighted by Gasteiger charge is 2.35. The van der Waals surface area contributed by atoms with E-state index in [1.165, 1.54) is 0 Å². The maximum atomic E-state index is 13.2. The number of anilines is 2. The largest absolute Gasteiger partial charge is 0.496 e. The molecule has 10 heteroatoms. The topological polar surface area (TPSA) is 117 Å². The molecule has 0 aliphatic carbocycles. The van der Waals surface area contributed by atoms with E-state index in [0.717, 1.165) is 35.1 Å². The number of likely N-dealkylation sites (tertiary alicyclic amines) is 2. The standard InChI is InChI=1S/C42H44N4O6/c1-51-37-13-5-3-9-31(37)27-39(47)45-25-7-11-35(45)41(49)43-33-21-17-29(18-22-33)15-16-30-19-23-34(24-20-30)44-42(50)36-12-8-26-46(36)40(48)28-32-10-4-6-14-38(32)52-2/h3-6,9-10,13-24,35-36H,7-8,11-12,25-28H2,1-2H3,(H,43,49)(H,44,50)/t35-,36-/m0/s1. The molecule has 6 rings (SSSR count). The average molecular weight is 701 g/mol. The van der Waals surface area contributed by atoms with Gasteiger partial charge in [-0.1, -0.05) is 72.8 Å². The Bertz CT molecular complexity index is 1780. The molecule has 2 saturated heterocycles. The summed E-state index contributed by atoms with van der Waals surface area (Å²) in [6.07, 6.45) is 7.10. The summed E-state index contributed by atoms with van der Waals surface area (Å²) >= 11 is 0. The van der Waals surface area contributed by atoms with Crippen LogP contribution in [-0.4, -0.2) is 72.8 Å². The minimum atomic E-state index is -0.515. The number of carbonyl (C=O) groups is 4. The molecule has 2 N–H and O–H groups in total. The maximum absolute atomic E-state index is 13.2. The molecule has 0 aromatic heterocycles. The number of amides is 4. The van der Waals surface area contributed by atoms with Crippen molar-refractivity contribution >= 4 is 47.2 Å². The predicted molar refractivity (Wildman–Crippen MR) is 202 cm³/mol. The summed E-state index contributed by atoms with van der Waals surface area (Å²) in [5.41, 5.74) is 4.82. The number of hydrogen-bond acceptors (Lipinski definition) is 6. The van der Waals surface area contributed by atoms with Gasteiger partial charge in [-0.2, -0.15) is 0 Å². The van der Waals surface area contributed by atoms with E-state index >= 15 is 0 Å². The molecule has 2 aliphatic rings. The lowest BCUT2D eigenvalue weighted by Crippen LogP contribution is -2.43. The van der Waals surface area contributed by atoms with Crippen molar-refractivity contribution in [1.29, 1.82) is 0 Å². The van der Waals surface area contributed by atoms with Gasteiger partial charge in [-0.05, 0) is 73.2 Å². The minimum Gasteiger partial charge on any atom is -0.496 e. The molecule has 2 heterocycles. The fourth-order valence-corrected chi connectivity index (χ4v) is 6.90. The monoisotopic (exact) mass is 700 g/mol. The Morgan fingerprint density at radius 1 is 0.596 bits per heavy atom. The van der Waals surface area contributed by atoms with Gasteiger partial charge in [-0.15, -0.1) is 0 Å². The van der Waals surface area contributed by atoms with Gasteiger partial charge in [0, 0.05) is 35.6 Å². The second-order valence-electron chi connectivity index (χ2n) is 13.0. The highest BCUT2D eigenvalue weighted by Crippen LogP contribution is 2.26. The SMILES string of the molecule is COc1ccccc1CC(=O)N1CCC[C@H]1C(=O)Nc1ccc(C=Cc2ccc(NC(=O)[C@@H]3CCCN3C(=O)Cc3ccccc3OC)cc2)cc1. The fourth-order valence-electron chi connectivity index (χ4n) is 6.90. The quantitative estimate of drug-likeness (QED) is 0.170. The van der Waals surface area contributed by atoms with Crippen molar-refractivity contribution in [3.05, 3.63) is 119 Å². The summed E-state index contributed by atoms with van der Waals surface area (Å²) in [5.74, 6) is 0.754. The zero-order valence-electron chi connectivity index (χ0n) is 29.5. The molecular formula is C42H44N4O6. The number of ether oxygens (including phenoxy) is 2. The zero-order valence-corrected chi connectivity index (χ0v) is 29.5. The number of para-hydroxylation sites is 2. The summed E-state index contributed by atoms with van der Waals surface area (Å²) < 4.78 is 10.8. The van der Waals surface area contributed by atoms with E-state index in [0.29, 0.717) is 48.8 Å². The van der Waals surface area contributed by atoms with E-state index in [1.807, 2.05) is 109 Å². The first-order valence-electron chi connectivity index (χ1n) is 17.7. The number of benzene rings is 4.